The molecule has 1 atom stereocenters. The highest BCUT2D eigenvalue weighted by Gasteiger charge is 2.16. The lowest BCUT2D eigenvalue weighted by molar-refractivity contribution is 0.421. The molecular formula is C10H10BrClN2OS. The highest BCUT2D eigenvalue weighted by atomic mass is 79.9. The average molecular weight is 322 g/mol. The van der Waals surface area contributed by atoms with E-state index in [-0.39, 0.29) is 5.38 Å². The van der Waals surface area contributed by atoms with Gasteiger partial charge in [-0.05, 0) is 34.5 Å². The van der Waals surface area contributed by atoms with Crippen LogP contribution in [0.2, 0.25) is 0 Å². The standard InChI is InChI=1S/C10H10BrClN2OS/c1-2-3-6(12)9-13-10(15-14-9)7-4-5-8(11)16-7/h4-6H,2-3H2,1H3. The molecule has 2 rings (SSSR count). The van der Waals surface area contributed by atoms with Gasteiger partial charge in [-0.2, -0.15) is 4.98 Å². The third kappa shape index (κ3) is 2.64. The quantitative estimate of drug-likeness (QED) is 0.770. The first-order chi connectivity index (χ1) is 7.70. The molecule has 0 radical (unpaired) electrons. The Morgan fingerprint density at radius 1 is 1.56 bits per heavy atom. The highest BCUT2D eigenvalue weighted by Crippen LogP contribution is 2.31. The second-order valence-electron chi connectivity index (χ2n) is 3.32. The third-order valence-corrected chi connectivity index (χ3v) is 4.07. The van der Waals surface area contributed by atoms with Crippen LogP contribution in [0.25, 0.3) is 10.8 Å². The lowest BCUT2D eigenvalue weighted by atomic mass is 10.2. The third-order valence-electron chi connectivity index (χ3n) is 2.05. The molecule has 1 unspecified atom stereocenters. The van der Waals surface area contributed by atoms with E-state index < -0.39 is 0 Å². The first-order valence-electron chi connectivity index (χ1n) is 4.94. The Morgan fingerprint density at radius 2 is 2.38 bits per heavy atom. The van der Waals surface area contributed by atoms with E-state index in [9.17, 15) is 0 Å². The molecule has 0 saturated heterocycles. The molecule has 0 aliphatic carbocycles. The fourth-order valence-electron chi connectivity index (χ4n) is 1.27. The molecule has 2 aromatic rings. The molecule has 0 bridgehead atoms. The van der Waals surface area contributed by atoms with Crippen molar-refractivity contribution < 1.29 is 4.52 Å². The van der Waals surface area contributed by atoms with E-state index >= 15 is 0 Å². The van der Waals surface area contributed by atoms with Crippen molar-refractivity contribution in [3.63, 3.8) is 0 Å². The molecule has 0 aliphatic rings. The van der Waals surface area contributed by atoms with E-state index in [1.807, 2.05) is 12.1 Å². The Balaban J connectivity index is 2.19. The molecule has 0 fully saturated rings. The summed E-state index contributed by atoms with van der Waals surface area (Å²) in [5.74, 6) is 1.11. The lowest BCUT2D eigenvalue weighted by Crippen LogP contribution is -1.92. The van der Waals surface area contributed by atoms with Gasteiger partial charge >= 0.3 is 0 Å². The lowest BCUT2D eigenvalue weighted by Gasteiger charge is -1.99. The van der Waals surface area contributed by atoms with Gasteiger partial charge in [-0.1, -0.05) is 18.5 Å². The summed E-state index contributed by atoms with van der Waals surface area (Å²) >= 11 is 11.1. The van der Waals surface area contributed by atoms with Crippen LogP contribution in [0.15, 0.2) is 20.4 Å². The second kappa shape index (κ2) is 5.29. The van der Waals surface area contributed by atoms with Gasteiger partial charge in [-0.15, -0.1) is 22.9 Å². The zero-order valence-electron chi connectivity index (χ0n) is 8.61. The summed E-state index contributed by atoms with van der Waals surface area (Å²) in [6.07, 6.45) is 1.86. The molecule has 0 spiro atoms. The number of halogens is 2. The Bertz CT molecular complexity index is 471. The number of thiophene rings is 1. The van der Waals surface area contributed by atoms with E-state index in [2.05, 4.69) is 33.0 Å². The Kier molecular flexibility index (Phi) is 4.00. The molecule has 3 nitrogen and oxygen atoms in total. The minimum Gasteiger partial charge on any atom is -0.333 e. The van der Waals surface area contributed by atoms with Crippen LogP contribution in [0.5, 0.6) is 0 Å². The molecule has 0 amide bonds. The normalized spacial score (nSPS) is 12.9. The Hall–Kier alpha value is -0.390. The summed E-state index contributed by atoms with van der Waals surface area (Å²) in [5, 5.41) is 3.73. The summed E-state index contributed by atoms with van der Waals surface area (Å²) in [4.78, 5) is 5.24. The predicted molar refractivity (Wildman–Crippen MR) is 68.8 cm³/mol. The molecule has 0 saturated carbocycles. The topological polar surface area (TPSA) is 38.9 Å². The number of aromatic nitrogens is 2. The largest absolute Gasteiger partial charge is 0.333 e. The van der Waals surface area contributed by atoms with Crippen molar-refractivity contribution in [1.82, 2.24) is 10.1 Å². The fourth-order valence-corrected chi connectivity index (χ4v) is 2.89. The predicted octanol–water partition coefficient (Wildman–Crippen LogP) is 4.64. The van der Waals surface area contributed by atoms with Crippen molar-refractivity contribution in [1.29, 1.82) is 0 Å². The highest BCUT2D eigenvalue weighted by molar-refractivity contribution is 9.11. The van der Waals surface area contributed by atoms with E-state index in [1.54, 1.807) is 11.3 Å². The molecule has 0 aliphatic heterocycles. The van der Waals surface area contributed by atoms with Crippen LogP contribution in [0.1, 0.15) is 31.0 Å². The maximum Gasteiger partial charge on any atom is 0.268 e. The number of alkyl halides is 1. The summed E-state index contributed by atoms with van der Waals surface area (Å²) in [7, 11) is 0. The van der Waals surface area contributed by atoms with Gasteiger partial charge in [0.25, 0.3) is 5.89 Å². The van der Waals surface area contributed by atoms with Gasteiger partial charge in [-0.25, -0.2) is 0 Å². The minimum atomic E-state index is -0.161. The van der Waals surface area contributed by atoms with Gasteiger partial charge in [0.05, 0.1) is 14.0 Å². The number of hydrogen-bond acceptors (Lipinski definition) is 4. The van der Waals surface area contributed by atoms with Crippen LogP contribution in [-0.4, -0.2) is 10.1 Å². The smallest absolute Gasteiger partial charge is 0.268 e. The van der Waals surface area contributed by atoms with Gasteiger partial charge < -0.3 is 4.52 Å². The van der Waals surface area contributed by atoms with Gasteiger partial charge in [-0.3, -0.25) is 0 Å². The van der Waals surface area contributed by atoms with Crippen molar-refractivity contribution in [3.8, 4) is 10.8 Å². The first kappa shape index (κ1) is 12.1. The first-order valence-corrected chi connectivity index (χ1v) is 6.98. The van der Waals surface area contributed by atoms with E-state index in [1.165, 1.54) is 0 Å². The molecule has 2 heterocycles. The number of rotatable bonds is 4. The molecular weight excluding hydrogens is 312 g/mol. The maximum absolute atomic E-state index is 6.12. The molecule has 0 aromatic carbocycles. The zero-order chi connectivity index (χ0) is 11.5. The number of hydrogen-bond donors (Lipinski definition) is 0. The van der Waals surface area contributed by atoms with E-state index in [0.29, 0.717) is 11.7 Å². The van der Waals surface area contributed by atoms with Crippen molar-refractivity contribution >= 4 is 38.9 Å². The summed E-state index contributed by atoms with van der Waals surface area (Å²) < 4.78 is 6.22. The maximum atomic E-state index is 6.12. The minimum absolute atomic E-state index is 0.161. The summed E-state index contributed by atoms with van der Waals surface area (Å²) in [5.41, 5.74) is 0. The van der Waals surface area contributed by atoms with Crippen molar-refractivity contribution in [2.45, 2.75) is 25.1 Å². The van der Waals surface area contributed by atoms with Crippen molar-refractivity contribution in [3.05, 3.63) is 21.7 Å². The van der Waals surface area contributed by atoms with Crippen molar-refractivity contribution in [2.24, 2.45) is 0 Å². The van der Waals surface area contributed by atoms with Gasteiger partial charge in [0.1, 0.15) is 0 Å². The van der Waals surface area contributed by atoms with Gasteiger partial charge in [0.2, 0.25) is 0 Å². The molecule has 86 valence electrons. The van der Waals surface area contributed by atoms with E-state index in [4.69, 9.17) is 16.1 Å². The molecule has 2 aromatic heterocycles. The molecule has 6 heteroatoms. The fraction of sp³-hybridized carbons (Fsp3) is 0.400. The van der Waals surface area contributed by atoms with Crippen LogP contribution in [-0.2, 0) is 0 Å². The van der Waals surface area contributed by atoms with Crippen LogP contribution >= 0.6 is 38.9 Å². The number of nitrogens with zero attached hydrogens (tertiary/aromatic N) is 2. The van der Waals surface area contributed by atoms with Crippen LogP contribution in [0.4, 0.5) is 0 Å². The Labute approximate surface area is 111 Å². The van der Waals surface area contributed by atoms with Crippen LogP contribution in [0.3, 0.4) is 0 Å². The average Bonchev–Trinajstić information content (AvgIpc) is 2.85. The van der Waals surface area contributed by atoms with Crippen LogP contribution < -0.4 is 0 Å². The van der Waals surface area contributed by atoms with Gasteiger partial charge in [0.15, 0.2) is 5.82 Å². The van der Waals surface area contributed by atoms with Crippen LogP contribution in [0, 0.1) is 0 Å². The monoisotopic (exact) mass is 320 g/mol. The van der Waals surface area contributed by atoms with Gasteiger partial charge in [0, 0.05) is 0 Å². The van der Waals surface area contributed by atoms with E-state index in [0.717, 1.165) is 21.5 Å². The Morgan fingerprint density at radius 3 is 3.00 bits per heavy atom. The summed E-state index contributed by atoms with van der Waals surface area (Å²) in [6.45, 7) is 2.08. The summed E-state index contributed by atoms with van der Waals surface area (Å²) in [6, 6.07) is 3.89. The van der Waals surface area contributed by atoms with Crippen molar-refractivity contribution in [2.75, 3.05) is 0 Å². The molecule has 0 N–H and O–H groups in total. The zero-order valence-corrected chi connectivity index (χ0v) is 11.8. The second-order valence-corrected chi connectivity index (χ2v) is 6.31. The molecule has 16 heavy (non-hydrogen) atoms. The SMILES string of the molecule is CCCC(Cl)c1noc(-c2ccc(Br)s2)n1.